The highest BCUT2D eigenvalue weighted by Gasteiger charge is 2.04. The molecule has 3 rings (SSSR count). The molecule has 0 bridgehead atoms. The van der Waals surface area contributed by atoms with Gasteiger partial charge in [0.1, 0.15) is 11.0 Å². The van der Waals surface area contributed by atoms with Crippen molar-refractivity contribution in [1.82, 2.24) is 20.3 Å². The summed E-state index contributed by atoms with van der Waals surface area (Å²) in [5.74, 6) is 0.876. The van der Waals surface area contributed by atoms with Crippen molar-refractivity contribution < 1.29 is 0 Å². The Morgan fingerprint density at radius 1 is 1.00 bits per heavy atom. The molecule has 2 aromatic heterocycles. The van der Waals surface area contributed by atoms with E-state index in [0.29, 0.717) is 27.4 Å². The summed E-state index contributed by atoms with van der Waals surface area (Å²) in [5, 5.41) is 5.07. The molecule has 1 aromatic carbocycles. The minimum atomic E-state index is 0.446. The third-order valence-corrected chi connectivity index (χ3v) is 3.80. The first-order valence-corrected chi connectivity index (χ1v) is 7.90. The number of aromatic amines is 1. The van der Waals surface area contributed by atoms with E-state index in [1.807, 2.05) is 18.2 Å². The first-order chi connectivity index (χ1) is 10.6. The van der Waals surface area contributed by atoms with Crippen molar-refractivity contribution in [3.63, 3.8) is 0 Å². The van der Waals surface area contributed by atoms with Crippen LogP contribution < -0.4 is 5.32 Å². The maximum absolute atomic E-state index is 5.97. The molecule has 22 heavy (non-hydrogen) atoms. The highest BCUT2D eigenvalue weighted by atomic mass is 35.5. The zero-order valence-corrected chi connectivity index (χ0v) is 13.8. The fourth-order valence-corrected chi connectivity index (χ4v) is 2.90. The summed E-state index contributed by atoms with van der Waals surface area (Å²) >= 11 is 17.8. The number of hydrogen-bond donors (Lipinski definition) is 2. The molecule has 0 aliphatic heterocycles. The van der Waals surface area contributed by atoms with Crippen LogP contribution in [0.4, 0.5) is 0 Å². The number of imidazole rings is 1. The fraction of sp³-hybridized carbons (Fsp3) is 0.200. The summed E-state index contributed by atoms with van der Waals surface area (Å²) in [6, 6.07) is 9.13. The Morgan fingerprint density at radius 2 is 1.77 bits per heavy atom. The van der Waals surface area contributed by atoms with Crippen molar-refractivity contribution in [3.05, 3.63) is 56.9 Å². The Labute approximate surface area is 142 Å². The van der Waals surface area contributed by atoms with Gasteiger partial charge in [0.25, 0.3) is 0 Å². The third kappa shape index (κ3) is 3.90. The fourth-order valence-electron chi connectivity index (χ4n) is 2.19. The Balaban J connectivity index is 1.55. The molecule has 114 valence electrons. The van der Waals surface area contributed by atoms with E-state index < -0.39 is 0 Å². The van der Waals surface area contributed by atoms with Crippen LogP contribution >= 0.6 is 34.8 Å². The molecule has 0 saturated carbocycles. The lowest BCUT2D eigenvalue weighted by Crippen LogP contribution is -2.17. The smallest absolute Gasteiger partial charge is 0.179 e. The molecule has 0 unspecified atom stereocenters. The second-order valence-electron chi connectivity index (χ2n) is 4.89. The van der Waals surface area contributed by atoms with Crippen LogP contribution in [0.1, 0.15) is 11.4 Å². The minimum Gasteiger partial charge on any atom is -0.341 e. The summed E-state index contributed by atoms with van der Waals surface area (Å²) in [5.41, 5.74) is 2.58. The van der Waals surface area contributed by atoms with Gasteiger partial charge >= 0.3 is 0 Å². The second kappa shape index (κ2) is 6.84. The van der Waals surface area contributed by atoms with E-state index in [1.54, 1.807) is 12.1 Å². The van der Waals surface area contributed by atoms with Gasteiger partial charge in [-0.2, -0.15) is 0 Å². The Hall–Kier alpha value is -1.33. The highest BCUT2D eigenvalue weighted by molar-refractivity contribution is 6.34. The number of H-pyrrole nitrogens is 1. The van der Waals surface area contributed by atoms with Crippen LogP contribution in [0.15, 0.2) is 30.3 Å². The summed E-state index contributed by atoms with van der Waals surface area (Å²) in [4.78, 5) is 11.8. The molecular formula is C15H13Cl3N4. The van der Waals surface area contributed by atoms with Gasteiger partial charge in [-0.15, -0.1) is 0 Å². The average molecular weight is 356 g/mol. The number of aromatic nitrogens is 3. The molecule has 0 aliphatic carbocycles. The highest BCUT2D eigenvalue weighted by Crippen LogP contribution is 2.19. The van der Waals surface area contributed by atoms with Crippen molar-refractivity contribution in [2.24, 2.45) is 0 Å². The lowest BCUT2D eigenvalue weighted by atomic mass is 10.2. The number of benzene rings is 1. The zero-order valence-electron chi connectivity index (χ0n) is 11.5. The van der Waals surface area contributed by atoms with Crippen molar-refractivity contribution in [3.8, 4) is 0 Å². The van der Waals surface area contributed by atoms with E-state index in [1.165, 1.54) is 0 Å². The van der Waals surface area contributed by atoms with Gasteiger partial charge in [-0.05, 0) is 35.9 Å². The topological polar surface area (TPSA) is 53.6 Å². The van der Waals surface area contributed by atoms with Crippen LogP contribution in [-0.4, -0.2) is 21.5 Å². The van der Waals surface area contributed by atoms with E-state index >= 15 is 0 Å². The standard InChI is InChI=1S/C15H13Cl3N4/c16-10-5-9(6-11(17)7-10)8-19-4-3-14-20-12-1-2-13(18)21-15(12)22-14/h1-2,5-7,19H,3-4,8H2,(H,20,21,22). The molecule has 0 fully saturated rings. The molecule has 3 aromatic rings. The molecule has 0 aliphatic rings. The Morgan fingerprint density at radius 3 is 2.55 bits per heavy atom. The van der Waals surface area contributed by atoms with Gasteiger partial charge < -0.3 is 10.3 Å². The molecule has 0 radical (unpaired) electrons. The minimum absolute atomic E-state index is 0.446. The molecule has 0 atom stereocenters. The van der Waals surface area contributed by atoms with Crippen molar-refractivity contribution in [2.45, 2.75) is 13.0 Å². The largest absolute Gasteiger partial charge is 0.341 e. The summed E-state index contributed by atoms with van der Waals surface area (Å²) in [6.07, 6.45) is 0.766. The lowest BCUT2D eigenvalue weighted by Gasteiger charge is -2.05. The molecule has 7 heteroatoms. The van der Waals surface area contributed by atoms with Crippen LogP contribution in [0, 0.1) is 0 Å². The van der Waals surface area contributed by atoms with Gasteiger partial charge in [-0.25, -0.2) is 9.97 Å². The number of pyridine rings is 1. The third-order valence-electron chi connectivity index (χ3n) is 3.15. The van der Waals surface area contributed by atoms with E-state index in [4.69, 9.17) is 34.8 Å². The monoisotopic (exact) mass is 354 g/mol. The molecule has 0 spiro atoms. The number of fused-ring (bicyclic) bond motifs is 1. The van der Waals surface area contributed by atoms with Gasteiger partial charge in [0.05, 0.1) is 5.52 Å². The van der Waals surface area contributed by atoms with Crippen LogP contribution in [0.25, 0.3) is 11.2 Å². The average Bonchev–Trinajstić information content (AvgIpc) is 2.84. The van der Waals surface area contributed by atoms with Gasteiger partial charge in [0.15, 0.2) is 5.65 Å². The Bertz CT molecular complexity index is 780. The first kappa shape index (κ1) is 15.6. The summed E-state index contributed by atoms with van der Waals surface area (Å²) in [7, 11) is 0. The van der Waals surface area contributed by atoms with Crippen LogP contribution in [0.5, 0.6) is 0 Å². The molecule has 4 nitrogen and oxygen atoms in total. The van der Waals surface area contributed by atoms with Gasteiger partial charge in [0.2, 0.25) is 0 Å². The van der Waals surface area contributed by atoms with Crippen LogP contribution in [0.2, 0.25) is 15.2 Å². The van der Waals surface area contributed by atoms with E-state index in [0.717, 1.165) is 29.9 Å². The second-order valence-corrected chi connectivity index (χ2v) is 6.15. The Kier molecular flexibility index (Phi) is 4.84. The normalized spacial score (nSPS) is 11.2. The summed E-state index contributed by atoms with van der Waals surface area (Å²) in [6.45, 7) is 1.47. The molecule has 0 amide bonds. The number of rotatable bonds is 5. The van der Waals surface area contributed by atoms with Gasteiger partial charge in [-0.1, -0.05) is 34.8 Å². The number of hydrogen-bond acceptors (Lipinski definition) is 3. The predicted molar refractivity (Wildman–Crippen MR) is 90.8 cm³/mol. The van der Waals surface area contributed by atoms with Gasteiger partial charge in [0, 0.05) is 29.6 Å². The molecule has 2 N–H and O–H groups in total. The number of halogens is 3. The predicted octanol–water partition coefficient (Wildman–Crippen LogP) is 4.25. The number of nitrogens with zero attached hydrogens (tertiary/aromatic N) is 2. The maximum Gasteiger partial charge on any atom is 0.179 e. The molecule has 0 saturated heterocycles. The SMILES string of the molecule is Clc1cc(Cl)cc(CNCCc2nc3nc(Cl)ccc3[nH]2)c1. The maximum atomic E-state index is 5.97. The van der Waals surface area contributed by atoms with Crippen LogP contribution in [-0.2, 0) is 13.0 Å². The number of nitrogens with one attached hydrogen (secondary N) is 2. The molecular weight excluding hydrogens is 343 g/mol. The van der Waals surface area contributed by atoms with Crippen LogP contribution in [0.3, 0.4) is 0 Å². The lowest BCUT2D eigenvalue weighted by molar-refractivity contribution is 0.675. The quantitative estimate of drug-likeness (QED) is 0.531. The van der Waals surface area contributed by atoms with E-state index in [2.05, 4.69) is 20.3 Å². The molecule has 2 heterocycles. The zero-order chi connectivity index (χ0) is 15.5. The van der Waals surface area contributed by atoms with E-state index in [-0.39, 0.29) is 0 Å². The first-order valence-electron chi connectivity index (χ1n) is 6.77. The summed E-state index contributed by atoms with van der Waals surface area (Å²) < 4.78 is 0. The van der Waals surface area contributed by atoms with Crippen molar-refractivity contribution >= 4 is 46.0 Å². The van der Waals surface area contributed by atoms with Crippen molar-refractivity contribution in [2.75, 3.05) is 6.54 Å². The van der Waals surface area contributed by atoms with Crippen molar-refractivity contribution in [1.29, 1.82) is 0 Å². The van der Waals surface area contributed by atoms with E-state index in [9.17, 15) is 0 Å². The van der Waals surface area contributed by atoms with Gasteiger partial charge in [-0.3, -0.25) is 0 Å².